The molecule has 22 heavy (non-hydrogen) atoms. The number of nitro benzene ring substituents is 1. The first-order chi connectivity index (χ1) is 10.1. The Hall–Kier alpha value is -1.000. The molecular weight excluding hydrogens is 323 g/mol. The maximum atomic E-state index is 11.4. The van der Waals surface area contributed by atoms with Gasteiger partial charge in [0, 0.05) is 18.7 Å². The van der Waals surface area contributed by atoms with Gasteiger partial charge in [-0.1, -0.05) is 44.0 Å². The summed E-state index contributed by atoms with van der Waals surface area (Å²) in [6, 6.07) is 3.24. The highest BCUT2D eigenvalue weighted by Gasteiger charge is 2.51. The Morgan fingerprint density at radius 1 is 1.27 bits per heavy atom. The number of nitro groups is 1. The number of rotatable bonds is 2. The van der Waals surface area contributed by atoms with Crippen LogP contribution in [-0.2, 0) is 0 Å². The number of fused-ring (bicyclic) bond motifs is 2. The lowest BCUT2D eigenvalue weighted by molar-refractivity contribution is -0.384. The van der Waals surface area contributed by atoms with Crippen LogP contribution in [0.1, 0.15) is 40.0 Å². The summed E-state index contributed by atoms with van der Waals surface area (Å²) >= 11 is 12.5. The standard InChI is InChI=1S/C16H20Cl2N2O2/c1-15(2)6-10-7-16(3,8-15)9-19(10)14-12(20(21)22)5-4-11(17)13(14)18/h4-5,10H,6-9H2,1-3H3/t10-,16-/m0/s1. The van der Waals surface area contributed by atoms with E-state index < -0.39 is 0 Å². The van der Waals surface area contributed by atoms with Crippen molar-refractivity contribution in [2.75, 3.05) is 11.4 Å². The van der Waals surface area contributed by atoms with E-state index in [2.05, 4.69) is 25.7 Å². The van der Waals surface area contributed by atoms with Gasteiger partial charge in [0.25, 0.3) is 5.69 Å². The monoisotopic (exact) mass is 342 g/mol. The van der Waals surface area contributed by atoms with Gasteiger partial charge in [-0.25, -0.2) is 0 Å². The summed E-state index contributed by atoms with van der Waals surface area (Å²) in [6.45, 7) is 7.61. The largest absolute Gasteiger partial charge is 0.361 e. The maximum absolute atomic E-state index is 11.4. The van der Waals surface area contributed by atoms with Crippen LogP contribution in [-0.4, -0.2) is 17.5 Å². The van der Waals surface area contributed by atoms with E-state index in [1.807, 2.05) is 0 Å². The normalized spacial score (nSPS) is 29.7. The van der Waals surface area contributed by atoms with Gasteiger partial charge in [0.2, 0.25) is 0 Å². The highest BCUT2D eigenvalue weighted by atomic mass is 35.5. The Morgan fingerprint density at radius 2 is 1.95 bits per heavy atom. The topological polar surface area (TPSA) is 46.4 Å². The lowest BCUT2D eigenvalue weighted by Crippen LogP contribution is -2.35. The lowest BCUT2D eigenvalue weighted by atomic mass is 9.65. The van der Waals surface area contributed by atoms with Crippen LogP contribution in [0, 0.1) is 20.9 Å². The van der Waals surface area contributed by atoms with E-state index in [-0.39, 0.29) is 27.5 Å². The van der Waals surface area contributed by atoms with E-state index in [1.54, 1.807) is 0 Å². The Labute approximate surface area is 140 Å². The third-order valence-electron chi connectivity index (χ3n) is 4.95. The second-order valence-electron chi connectivity index (χ2n) is 7.83. The minimum Gasteiger partial charge on any atom is -0.361 e. The number of anilines is 1. The third-order valence-corrected chi connectivity index (χ3v) is 5.74. The van der Waals surface area contributed by atoms with Gasteiger partial charge in [0.05, 0.1) is 15.0 Å². The minimum atomic E-state index is -0.368. The van der Waals surface area contributed by atoms with Gasteiger partial charge >= 0.3 is 0 Å². The van der Waals surface area contributed by atoms with Crippen molar-refractivity contribution in [1.29, 1.82) is 0 Å². The van der Waals surface area contributed by atoms with Gasteiger partial charge in [0.15, 0.2) is 0 Å². The van der Waals surface area contributed by atoms with Crippen LogP contribution < -0.4 is 4.90 Å². The fourth-order valence-corrected chi connectivity index (χ4v) is 5.09. The summed E-state index contributed by atoms with van der Waals surface area (Å²) in [5, 5.41) is 12.1. The van der Waals surface area contributed by atoms with Crippen molar-refractivity contribution in [3.63, 3.8) is 0 Å². The maximum Gasteiger partial charge on any atom is 0.294 e. The van der Waals surface area contributed by atoms with E-state index in [0.717, 1.165) is 25.8 Å². The highest BCUT2D eigenvalue weighted by Crippen LogP contribution is 2.55. The molecular formula is C16H20Cl2N2O2. The van der Waals surface area contributed by atoms with Crippen molar-refractivity contribution in [3.8, 4) is 0 Å². The van der Waals surface area contributed by atoms with Crippen molar-refractivity contribution in [2.24, 2.45) is 10.8 Å². The Bertz CT molecular complexity index is 647. The van der Waals surface area contributed by atoms with Crippen LogP contribution >= 0.6 is 23.2 Å². The van der Waals surface area contributed by atoms with Crippen molar-refractivity contribution in [2.45, 2.75) is 46.1 Å². The van der Waals surface area contributed by atoms with E-state index in [1.165, 1.54) is 12.1 Å². The summed E-state index contributed by atoms with van der Waals surface area (Å²) in [6.07, 6.45) is 3.19. The van der Waals surface area contributed by atoms with Gasteiger partial charge in [-0.2, -0.15) is 0 Å². The molecule has 120 valence electrons. The Morgan fingerprint density at radius 3 is 2.59 bits per heavy atom. The van der Waals surface area contributed by atoms with E-state index in [9.17, 15) is 10.1 Å². The van der Waals surface area contributed by atoms with E-state index in [4.69, 9.17) is 23.2 Å². The highest BCUT2D eigenvalue weighted by molar-refractivity contribution is 6.44. The second-order valence-corrected chi connectivity index (χ2v) is 8.61. The first kappa shape index (κ1) is 15.9. The van der Waals surface area contributed by atoms with Crippen LogP contribution in [0.5, 0.6) is 0 Å². The summed E-state index contributed by atoms with van der Waals surface area (Å²) < 4.78 is 0. The fraction of sp³-hybridized carbons (Fsp3) is 0.625. The number of halogens is 2. The van der Waals surface area contributed by atoms with Gasteiger partial charge in [-0.15, -0.1) is 0 Å². The Balaban J connectivity index is 2.09. The molecule has 4 nitrogen and oxygen atoms in total. The summed E-state index contributed by atoms with van der Waals surface area (Å²) in [7, 11) is 0. The molecule has 2 aliphatic rings. The molecule has 0 unspecified atom stereocenters. The van der Waals surface area contributed by atoms with Gasteiger partial charge in [-0.05, 0) is 36.2 Å². The van der Waals surface area contributed by atoms with Crippen LogP contribution in [0.4, 0.5) is 11.4 Å². The molecule has 1 heterocycles. The molecule has 2 bridgehead atoms. The number of nitrogens with zero attached hydrogens (tertiary/aromatic N) is 2. The quantitative estimate of drug-likeness (QED) is 0.540. The molecule has 1 aliphatic heterocycles. The average Bonchev–Trinajstić information content (AvgIpc) is 2.61. The molecule has 2 atom stereocenters. The first-order valence-electron chi connectivity index (χ1n) is 7.51. The molecule has 0 N–H and O–H groups in total. The molecule has 1 aliphatic carbocycles. The fourth-order valence-electron chi connectivity index (χ4n) is 4.67. The molecule has 2 fully saturated rings. The van der Waals surface area contributed by atoms with Crippen LogP contribution in [0.25, 0.3) is 0 Å². The molecule has 0 amide bonds. The lowest BCUT2D eigenvalue weighted by Gasteiger charge is -2.39. The second kappa shape index (κ2) is 5.00. The average molecular weight is 343 g/mol. The molecule has 1 aromatic carbocycles. The molecule has 6 heteroatoms. The number of hydrogen-bond acceptors (Lipinski definition) is 3. The predicted octanol–water partition coefficient (Wildman–Crippen LogP) is 5.31. The van der Waals surface area contributed by atoms with E-state index in [0.29, 0.717) is 15.7 Å². The summed E-state index contributed by atoms with van der Waals surface area (Å²) in [5.74, 6) is 0. The summed E-state index contributed by atoms with van der Waals surface area (Å²) in [4.78, 5) is 13.2. The van der Waals surface area contributed by atoms with Gasteiger partial charge in [-0.3, -0.25) is 10.1 Å². The molecule has 1 saturated carbocycles. The molecule has 0 radical (unpaired) electrons. The van der Waals surface area contributed by atoms with Crippen LogP contribution in [0.3, 0.4) is 0 Å². The number of hydrogen-bond donors (Lipinski definition) is 0. The Kier molecular flexibility index (Phi) is 3.61. The molecule has 0 spiro atoms. The zero-order valence-corrected chi connectivity index (χ0v) is 14.5. The molecule has 1 aromatic rings. The number of benzene rings is 1. The minimum absolute atomic E-state index is 0.0448. The zero-order valence-electron chi connectivity index (χ0n) is 13.0. The van der Waals surface area contributed by atoms with E-state index >= 15 is 0 Å². The first-order valence-corrected chi connectivity index (χ1v) is 8.27. The van der Waals surface area contributed by atoms with Crippen molar-refractivity contribution < 1.29 is 4.92 Å². The zero-order chi connectivity index (χ0) is 16.3. The SMILES string of the molecule is CC1(C)C[C@H]2C[C@](C)(CN2c2c([N+](=O)[O-])ccc(Cl)c2Cl)C1. The molecule has 3 rings (SSSR count). The molecule has 1 saturated heterocycles. The van der Waals surface area contributed by atoms with Crippen molar-refractivity contribution >= 4 is 34.6 Å². The van der Waals surface area contributed by atoms with Gasteiger partial charge in [0.1, 0.15) is 5.69 Å². The van der Waals surface area contributed by atoms with Crippen LogP contribution in [0.15, 0.2) is 12.1 Å². The van der Waals surface area contributed by atoms with Crippen molar-refractivity contribution in [1.82, 2.24) is 0 Å². The predicted molar refractivity (Wildman–Crippen MR) is 90.0 cm³/mol. The van der Waals surface area contributed by atoms with Crippen LogP contribution in [0.2, 0.25) is 10.0 Å². The smallest absolute Gasteiger partial charge is 0.294 e. The summed E-state index contributed by atoms with van der Waals surface area (Å²) in [5.41, 5.74) is 0.951. The third kappa shape index (κ3) is 2.56. The molecule has 0 aromatic heterocycles. The van der Waals surface area contributed by atoms with Crippen molar-refractivity contribution in [3.05, 3.63) is 32.3 Å². The van der Waals surface area contributed by atoms with Gasteiger partial charge < -0.3 is 4.90 Å².